The van der Waals surface area contributed by atoms with Crippen LogP contribution < -0.4 is 0 Å². The van der Waals surface area contributed by atoms with Gasteiger partial charge in [0.15, 0.2) is 5.58 Å². The van der Waals surface area contributed by atoms with Gasteiger partial charge in [-0.2, -0.15) is 0 Å². The van der Waals surface area contributed by atoms with Crippen LogP contribution in [0.4, 0.5) is 0 Å². The number of rotatable bonds is 0. The lowest BCUT2D eigenvalue weighted by Crippen LogP contribution is -1.64. The fourth-order valence-electron chi connectivity index (χ4n) is 1.58. The Morgan fingerprint density at radius 1 is 1.00 bits per heavy atom. The van der Waals surface area contributed by atoms with E-state index in [-0.39, 0.29) is 0 Å². The van der Waals surface area contributed by atoms with E-state index in [4.69, 9.17) is 4.52 Å². The predicted octanol–water partition coefficient (Wildman–Crippen LogP) is 2.91. The predicted molar refractivity (Wildman–Crippen MR) is 48.1 cm³/mol. The maximum atomic E-state index is 5.26. The molecule has 0 unspecified atom stereocenters. The summed E-state index contributed by atoms with van der Waals surface area (Å²) < 4.78 is 5.26. The Hall–Kier alpha value is -1.70. The first-order chi connectivity index (χ1) is 5.95. The third-order valence-electron chi connectivity index (χ3n) is 2.17. The molecule has 0 saturated heterocycles. The quantitative estimate of drug-likeness (QED) is 0.534. The highest BCUT2D eigenvalue weighted by Gasteiger charge is 2.02. The second kappa shape index (κ2) is 1.91. The number of hydrogen-bond acceptors (Lipinski definition) is 1. The van der Waals surface area contributed by atoms with Crippen LogP contribution in [0.1, 0.15) is 0 Å². The van der Waals surface area contributed by atoms with Gasteiger partial charge >= 0.3 is 0 Å². The molecule has 3 aromatic rings. The molecule has 0 aliphatic heterocycles. The third kappa shape index (κ3) is 0.593. The number of fused-ring (bicyclic) bond motifs is 3. The summed E-state index contributed by atoms with van der Waals surface area (Å²) in [7, 11) is 0. The standard InChI is InChI=1S/C10H7NO/c1-2-7-4-5-8-6-11-12-10(8)9(7)3-1/h1-6,11H. The van der Waals surface area contributed by atoms with Crippen LogP contribution in [-0.2, 0) is 0 Å². The summed E-state index contributed by atoms with van der Waals surface area (Å²) in [6, 6.07) is 10.3. The first-order valence-corrected chi connectivity index (χ1v) is 3.89. The molecule has 12 heavy (non-hydrogen) atoms. The van der Waals surface area contributed by atoms with Crippen molar-refractivity contribution >= 4 is 21.7 Å². The van der Waals surface area contributed by atoms with Gasteiger partial charge in [-0.15, -0.1) is 0 Å². The lowest BCUT2D eigenvalue weighted by atomic mass is 10.2. The van der Waals surface area contributed by atoms with Gasteiger partial charge < -0.3 is 4.52 Å². The summed E-state index contributed by atoms with van der Waals surface area (Å²) >= 11 is 0. The number of hydrogen-bond donors (Lipinski definition) is 1. The van der Waals surface area contributed by atoms with Crippen molar-refractivity contribution in [1.82, 2.24) is 5.16 Å². The van der Waals surface area contributed by atoms with Gasteiger partial charge in [0, 0.05) is 17.0 Å². The van der Waals surface area contributed by atoms with Gasteiger partial charge in [-0.1, -0.05) is 24.3 Å². The molecule has 0 bridgehead atoms. The molecule has 0 radical (unpaired) electrons. The summed E-state index contributed by atoms with van der Waals surface area (Å²) in [6.45, 7) is 0. The smallest absolute Gasteiger partial charge is 0.171 e. The molecule has 0 aliphatic rings. The topological polar surface area (TPSA) is 28.9 Å². The Bertz CT molecular complexity index is 483. The van der Waals surface area contributed by atoms with E-state index in [1.807, 2.05) is 12.3 Å². The van der Waals surface area contributed by atoms with E-state index < -0.39 is 0 Å². The van der Waals surface area contributed by atoms with Crippen LogP contribution in [0.3, 0.4) is 0 Å². The average molecular weight is 157 g/mol. The monoisotopic (exact) mass is 157 g/mol. The maximum absolute atomic E-state index is 5.26. The van der Waals surface area contributed by atoms with Crippen molar-refractivity contribution in [2.24, 2.45) is 0 Å². The van der Waals surface area contributed by atoms with Crippen LogP contribution in [0.2, 0.25) is 0 Å². The maximum Gasteiger partial charge on any atom is 0.171 e. The van der Waals surface area contributed by atoms with Crippen LogP contribution in [0.5, 0.6) is 0 Å². The van der Waals surface area contributed by atoms with Crippen LogP contribution in [0.15, 0.2) is 41.1 Å². The van der Waals surface area contributed by atoms with E-state index in [9.17, 15) is 0 Å². The molecule has 0 spiro atoms. The van der Waals surface area contributed by atoms with Crippen LogP contribution in [0, 0.1) is 0 Å². The SMILES string of the molecule is c1cc2ccc3c[nH]oc3c2c1. The minimum absolute atomic E-state index is 0.942. The van der Waals surface area contributed by atoms with Gasteiger partial charge in [-0.25, -0.2) is 5.16 Å². The number of benzene rings is 1. The fraction of sp³-hybridized carbons (Fsp3) is 0. The van der Waals surface area contributed by atoms with Gasteiger partial charge in [-0.3, -0.25) is 0 Å². The molecular formula is C10H7NO. The Labute approximate surface area is 68.7 Å². The summed E-state index contributed by atoms with van der Waals surface area (Å²) in [5.41, 5.74) is 0.942. The Morgan fingerprint density at radius 2 is 1.92 bits per heavy atom. The number of nitrogens with one attached hydrogen (secondary N) is 1. The fourth-order valence-corrected chi connectivity index (χ4v) is 1.58. The van der Waals surface area contributed by atoms with Gasteiger partial charge in [0.05, 0.1) is 0 Å². The lowest BCUT2D eigenvalue weighted by molar-refractivity contribution is 0.458. The van der Waals surface area contributed by atoms with E-state index in [1.165, 1.54) is 10.8 Å². The second-order valence-corrected chi connectivity index (χ2v) is 2.88. The Morgan fingerprint density at radius 3 is 2.92 bits per heavy atom. The zero-order chi connectivity index (χ0) is 7.97. The minimum Gasteiger partial charge on any atom is -0.381 e. The third-order valence-corrected chi connectivity index (χ3v) is 2.17. The highest BCUT2D eigenvalue weighted by Crippen LogP contribution is 2.25. The average Bonchev–Trinajstić information content (AvgIpc) is 2.71. The number of aromatic nitrogens is 1. The van der Waals surface area contributed by atoms with Gasteiger partial charge in [0.1, 0.15) is 0 Å². The largest absolute Gasteiger partial charge is 0.381 e. The molecule has 0 fully saturated rings. The Kier molecular flexibility index (Phi) is 0.939. The summed E-state index contributed by atoms with van der Waals surface area (Å²) in [4.78, 5) is 0. The van der Waals surface area contributed by atoms with Crippen molar-refractivity contribution in [3.63, 3.8) is 0 Å². The van der Waals surface area contributed by atoms with E-state index in [0.717, 1.165) is 11.0 Å². The Balaban J connectivity index is 2.71. The van der Waals surface area contributed by atoms with Gasteiger partial charge in [-0.05, 0) is 11.5 Å². The van der Waals surface area contributed by atoms with Crippen LogP contribution in [0.25, 0.3) is 21.7 Å². The first-order valence-electron chi connectivity index (χ1n) is 3.89. The van der Waals surface area contributed by atoms with Crippen molar-refractivity contribution in [1.29, 1.82) is 0 Å². The zero-order valence-corrected chi connectivity index (χ0v) is 6.37. The zero-order valence-electron chi connectivity index (χ0n) is 6.37. The molecule has 1 aromatic heterocycles. The van der Waals surface area contributed by atoms with E-state index in [2.05, 4.69) is 29.4 Å². The minimum atomic E-state index is 0.942. The summed E-state index contributed by atoms with van der Waals surface area (Å²) in [5, 5.41) is 6.27. The molecule has 2 heteroatoms. The van der Waals surface area contributed by atoms with Crippen molar-refractivity contribution in [3.05, 3.63) is 36.5 Å². The lowest BCUT2D eigenvalue weighted by Gasteiger charge is -1.88. The summed E-state index contributed by atoms with van der Waals surface area (Å²) in [5.74, 6) is 0. The summed E-state index contributed by atoms with van der Waals surface area (Å²) in [6.07, 6.45) is 1.86. The molecule has 2 aromatic carbocycles. The molecule has 0 amide bonds. The molecule has 2 nitrogen and oxygen atoms in total. The van der Waals surface area contributed by atoms with E-state index >= 15 is 0 Å². The molecule has 0 aliphatic carbocycles. The normalized spacial score (nSPS) is 11.3. The molecule has 1 heterocycles. The molecule has 0 atom stereocenters. The van der Waals surface area contributed by atoms with E-state index in [1.54, 1.807) is 0 Å². The van der Waals surface area contributed by atoms with Crippen molar-refractivity contribution in [3.8, 4) is 0 Å². The number of aromatic amines is 1. The molecule has 3 rings (SSSR count). The second-order valence-electron chi connectivity index (χ2n) is 2.88. The molecule has 0 saturated carbocycles. The van der Waals surface area contributed by atoms with Crippen LogP contribution >= 0.6 is 0 Å². The first kappa shape index (κ1) is 5.89. The molecule has 58 valence electrons. The number of H-pyrrole nitrogens is 1. The molecule has 1 N–H and O–H groups in total. The van der Waals surface area contributed by atoms with Crippen LogP contribution in [-0.4, -0.2) is 5.16 Å². The highest BCUT2D eigenvalue weighted by molar-refractivity contribution is 6.04. The van der Waals surface area contributed by atoms with Crippen molar-refractivity contribution < 1.29 is 4.52 Å². The highest BCUT2D eigenvalue weighted by atomic mass is 16.5. The van der Waals surface area contributed by atoms with Gasteiger partial charge in [0.2, 0.25) is 0 Å². The van der Waals surface area contributed by atoms with E-state index in [0.29, 0.717) is 0 Å². The molecular weight excluding hydrogens is 150 g/mol. The van der Waals surface area contributed by atoms with Crippen molar-refractivity contribution in [2.45, 2.75) is 0 Å². The van der Waals surface area contributed by atoms with Crippen molar-refractivity contribution in [2.75, 3.05) is 0 Å². The van der Waals surface area contributed by atoms with Gasteiger partial charge in [0.25, 0.3) is 0 Å².